The van der Waals surface area contributed by atoms with Crippen LogP contribution >= 0.6 is 0 Å². The van der Waals surface area contributed by atoms with E-state index in [9.17, 15) is 9.59 Å². The second-order valence-electron chi connectivity index (χ2n) is 8.20. The molecule has 5 heteroatoms. The summed E-state index contributed by atoms with van der Waals surface area (Å²) in [7, 11) is 0. The largest absolute Gasteiger partial charge is 0.478 e. The van der Waals surface area contributed by atoms with E-state index in [1.807, 2.05) is 18.2 Å². The second kappa shape index (κ2) is 9.27. The number of hydrogen-bond donors (Lipinski definition) is 0. The van der Waals surface area contributed by atoms with Gasteiger partial charge in [0.2, 0.25) is 0 Å². The van der Waals surface area contributed by atoms with Crippen LogP contribution in [0, 0.1) is 0 Å². The van der Waals surface area contributed by atoms with Crippen LogP contribution in [0.5, 0.6) is 11.5 Å². The Kier molecular flexibility index (Phi) is 6.26. The third-order valence-corrected chi connectivity index (χ3v) is 6.02. The maximum Gasteiger partial charge on any atom is 0.308 e. The number of benzene rings is 3. The topological polar surface area (TPSA) is 55.8 Å². The van der Waals surface area contributed by atoms with Crippen molar-refractivity contribution < 1.29 is 19.1 Å². The number of carbonyl (C=O) groups is 2. The van der Waals surface area contributed by atoms with E-state index in [4.69, 9.17) is 9.47 Å². The minimum Gasteiger partial charge on any atom is -0.478 e. The zero-order valence-corrected chi connectivity index (χ0v) is 18.4. The zero-order valence-electron chi connectivity index (χ0n) is 18.4. The van der Waals surface area contributed by atoms with Gasteiger partial charge in [-0.2, -0.15) is 0 Å². The third kappa shape index (κ3) is 4.37. The molecular formula is C27H27NO4. The van der Waals surface area contributed by atoms with Gasteiger partial charge in [-0.15, -0.1) is 0 Å². The molecule has 0 bridgehead atoms. The average molecular weight is 430 g/mol. The molecule has 1 amide bonds. The fourth-order valence-corrected chi connectivity index (χ4v) is 4.35. The highest BCUT2D eigenvalue weighted by atomic mass is 16.6. The molecule has 1 heterocycles. The Morgan fingerprint density at radius 2 is 1.59 bits per heavy atom. The van der Waals surface area contributed by atoms with E-state index in [-0.39, 0.29) is 17.9 Å². The van der Waals surface area contributed by atoms with Crippen LogP contribution in [-0.4, -0.2) is 25.0 Å². The lowest BCUT2D eigenvalue weighted by atomic mass is 9.73. The quantitative estimate of drug-likeness (QED) is 0.386. The summed E-state index contributed by atoms with van der Waals surface area (Å²) in [5.41, 5.74) is 2.95. The Morgan fingerprint density at radius 3 is 2.19 bits per heavy atom. The van der Waals surface area contributed by atoms with Crippen LogP contribution in [-0.2, 0) is 15.0 Å². The van der Waals surface area contributed by atoms with Gasteiger partial charge in [-0.05, 0) is 36.1 Å². The van der Waals surface area contributed by atoms with E-state index in [1.165, 1.54) is 18.1 Å². The summed E-state index contributed by atoms with van der Waals surface area (Å²) in [4.78, 5) is 25.9. The van der Waals surface area contributed by atoms with Crippen LogP contribution in [0.4, 0.5) is 5.69 Å². The number of ether oxygens (including phenoxy) is 2. The monoisotopic (exact) mass is 429 g/mol. The molecule has 0 unspecified atom stereocenters. The van der Waals surface area contributed by atoms with E-state index in [0.717, 1.165) is 12.8 Å². The third-order valence-electron chi connectivity index (χ3n) is 6.02. The molecule has 0 saturated carbocycles. The highest BCUT2D eigenvalue weighted by Gasteiger charge is 2.31. The lowest BCUT2D eigenvalue weighted by molar-refractivity contribution is -0.132. The SMILES string of the molecule is CC(=O)Oc1cccc2c1OCC(=O)N2CCCC(C)(c1ccccc1)c1ccccc1. The molecule has 3 aromatic carbocycles. The molecule has 0 aliphatic carbocycles. The first kappa shape index (κ1) is 21.6. The predicted molar refractivity (Wildman–Crippen MR) is 124 cm³/mol. The molecule has 0 atom stereocenters. The Balaban J connectivity index is 1.57. The maximum atomic E-state index is 12.7. The number of esters is 1. The zero-order chi connectivity index (χ0) is 22.6. The number of fused-ring (bicyclic) bond motifs is 1. The summed E-state index contributed by atoms with van der Waals surface area (Å²) in [6.45, 7) is 4.08. The minimum absolute atomic E-state index is 0.0695. The van der Waals surface area contributed by atoms with Crippen LogP contribution in [0.3, 0.4) is 0 Å². The number of para-hydroxylation sites is 1. The van der Waals surface area contributed by atoms with Crippen molar-refractivity contribution >= 4 is 17.6 Å². The molecule has 4 rings (SSSR count). The Labute approximate surface area is 188 Å². The molecule has 0 N–H and O–H groups in total. The molecule has 0 saturated heterocycles. The molecule has 32 heavy (non-hydrogen) atoms. The lowest BCUT2D eigenvalue weighted by Crippen LogP contribution is -2.40. The van der Waals surface area contributed by atoms with E-state index in [2.05, 4.69) is 55.5 Å². The van der Waals surface area contributed by atoms with Crippen molar-refractivity contribution in [3.8, 4) is 11.5 Å². The molecule has 0 fully saturated rings. The molecule has 0 radical (unpaired) electrons. The number of nitrogens with zero attached hydrogens (tertiary/aromatic N) is 1. The van der Waals surface area contributed by atoms with Crippen molar-refractivity contribution in [1.82, 2.24) is 0 Å². The molecule has 0 aromatic heterocycles. The van der Waals surface area contributed by atoms with Gasteiger partial charge in [0.1, 0.15) is 0 Å². The van der Waals surface area contributed by atoms with Crippen molar-refractivity contribution in [3.05, 3.63) is 90.0 Å². The predicted octanol–water partition coefficient (Wildman–Crippen LogP) is 5.12. The summed E-state index contributed by atoms with van der Waals surface area (Å²) in [5, 5.41) is 0. The van der Waals surface area contributed by atoms with Crippen LogP contribution in [0.15, 0.2) is 78.9 Å². The molecule has 0 spiro atoms. The van der Waals surface area contributed by atoms with Crippen molar-refractivity contribution in [2.24, 2.45) is 0 Å². The summed E-state index contributed by atoms with van der Waals surface area (Å²) in [6, 6.07) is 26.2. The molecule has 3 aromatic rings. The fraction of sp³-hybridized carbons (Fsp3) is 0.259. The van der Waals surface area contributed by atoms with Crippen molar-refractivity contribution in [3.63, 3.8) is 0 Å². The summed E-state index contributed by atoms with van der Waals surface area (Å²) in [6.07, 6.45) is 1.66. The van der Waals surface area contributed by atoms with E-state index in [0.29, 0.717) is 23.7 Å². The first-order valence-electron chi connectivity index (χ1n) is 10.8. The number of amides is 1. The Bertz CT molecular complexity index is 1060. The number of carbonyl (C=O) groups excluding carboxylic acids is 2. The standard InChI is InChI=1S/C27H27NO4/c1-20(29)32-24-16-9-15-23-26(24)31-19-25(30)28(23)18-10-17-27(2,21-11-5-3-6-12-21)22-13-7-4-8-14-22/h3-9,11-16H,10,17-19H2,1-2H3. The molecular weight excluding hydrogens is 402 g/mol. The van der Waals surface area contributed by atoms with Gasteiger partial charge in [0.15, 0.2) is 18.1 Å². The van der Waals surface area contributed by atoms with Crippen molar-refractivity contribution in [2.75, 3.05) is 18.1 Å². The van der Waals surface area contributed by atoms with Crippen molar-refractivity contribution in [2.45, 2.75) is 32.1 Å². The van der Waals surface area contributed by atoms with E-state index >= 15 is 0 Å². The van der Waals surface area contributed by atoms with Crippen LogP contribution < -0.4 is 14.4 Å². The first-order valence-corrected chi connectivity index (χ1v) is 10.8. The van der Waals surface area contributed by atoms with Gasteiger partial charge in [0, 0.05) is 18.9 Å². The van der Waals surface area contributed by atoms with Gasteiger partial charge in [-0.1, -0.05) is 73.7 Å². The lowest BCUT2D eigenvalue weighted by Gasteiger charge is -2.34. The van der Waals surface area contributed by atoms with Crippen LogP contribution in [0.25, 0.3) is 0 Å². The first-order chi connectivity index (χ1) is 15.5. The number of rotatable bonds is 7. The molecule has 1 aliphatic heterocycles. The Hall–Kier alpha value is -3.60. The summed E-state index contributed by atoms with van der Waals surface area (Å²) in [5.74, 6) is 0.257. The van der Waals surface area contributed by atoms with Gasteiger partial charge in [0.05, 0.1) is 5.69 Å². The fourth-order valence-electron chi connectivity index (χ4n) is 4.35. The van der Waals surface area contributed by atoms with Gasteiger partial charge >= 0.3 is 5.97 Å². The van der Waals surface area contributed by atoms with Crippen LogP contribution in [0.1, 0.15) is 37.8 Å². The number of hydrogen-bond acceptors (Lipinski definition) is 4. The number of anilines is 1. The van der Waals surface area contributed by atoms with E-state index < -0.39 is 5.97 Å². The van der Waals surface area contributed by atoms with Gasteiger partial charge in [-0.25, -0.2) is 0 Å². The highest BCUT2D eigenvalue weighted by molar-refractivity contribution is 5.98. The summed E-state index contributed by atoms with van der Waals surface area (Å²) < 4.78 is 10.9. The summed E-state index contributed by atoms with van der Waals surface area (Å²) >= 11 is 0. The average Bonchev–Trinajstić information content (AvgIpc) is 2.81. The van der Waals surface area contributed by atoms with E-state index in [1.54, 1.807) is 17.0 Å². The molecule has 164 valence electrons. The van der Waals surface area contributed by atoms with Gasteiger partial charge in [0.25, 0.3) is 5.91 Å². The maximum absolute atomic E-state index is 12.7. The second-order valence-corrected chi connectivity index (χ2v) is 8.20. The smallest absolute Gasteiger partial charge is 0.308 e. The molecule has 5 nitrogen and oxygen atoms in total. The van der Waals surface area contributed by atoms with Crippen molar-refractivity contribution in [1.29, 1.82) is 0 Å². The van der Waals surface area contributed by atoms with Gasteiger partial charge < -0.3 is 14.4 Å². The highest BCUT2D eigenvalue weighted by Crippen LogP contribution is 2.41. The molecule has 1 aliphatic rings. The normalized spacial score (nSPS) is 13.3. The van der Waals surface area contributed by atoms with Gasteiger partial charge in [-0.3, -0.25) is 9.59 Å². The van der Waals surface area contributed by atoms with Crippen LogP contribution in [0.2, 0.25) is 0 Å². The minimum atomic E-state index is -0.424. The Morgan fingerprint density at radius 1 is 0.969 bits per heavy atom.